The predicted molar refractivity (Wildman–Crippen MR) is 95.3 cm³/mol. The van der Waals surface area contributed by atoms with E-state index in [1.165, 1.54) is 16.5 Å². The van der Waals surface area contributed by atoms with Gasteiger partial charge in [-0.15, -0.1) is 0 Å². The van der Waals surface area contributed by atoms with E-state index in [0.717, 1.165) is 29.6 Å². The topological polar surface area (TPSA) is 59.1 Å². The van der Waals surface area contributed by atoms with Crippen LogP contribution in [-0.2, 0) is 6.42 Å². The molecule has 3 rings (SSSR count). The van der Waals surface area contributed by atoms with Gasteiger partial charge in [-0.05, 0) is 37.0 Å². The van der Waals surface area contributed by atoms with Crippen molar-refractivity contribution in [2.24, 2.45) is 5.73 Å². The summed E-state index contributed by atoms with van der Waals surface area (Å²) in [5.41, 5.74) is 11.4. The summed E-state index contributed by atoms with van der Waals surface area (Å²) >= 11 is 0. The average Bonchev–Trinajstić information content (AvgIpc) is 2.60. The van der Waals surface area contributed by atoms with Gasteiger partial charge in [0.25, 0.3) is 0 Å². The summed E-state index contributed by atoms with van der Waals surface area (Å²) in [6, 6.07) is 18.5. The van der Waals surface area contributed by atoms with Gasteiger partial charge in [0.1, 0.15) is 0 Å². The van der Waals surface area contributed by atoms with Gasteiger partial charge in [-0.2, -0.15) is 0 Å². The molecule has 0 amide bonds. The zero-order valence-electron chi connectivity index (χ0n) is 13.4. The fraction of sp³-hybridized carbons (Fsp3) is 0.250. The standard InChI is InChI=1S/C20H22N2O/c1-14-6-5-9-18-16(10-11-17(21)13-23)12-19(22-20(14)18)15-7-3-2-4-8-15/h2-9,12,17,23H,10-11,13,21H2,1H3. The first-order valence-corrected chi connectivity index (χ1v) is 8.00. The molecule has 1 aromatic heterocycles. The van der Waals surface area contributed by atoms with Crippen LogP contribution in [0, 0.1) is 6.92 Å². The Labute approximate surface area is 136 Å². The Morgan fingerprint density at radius 3 is 2.61 bits per heavy atom. The summed E-state index contributed by atoms with van der Waals surface area (Å²) in [5, 5.41) is 10.3. The Morgan fingerprint density at radius 2 is 1.87 bits per heavy atom. The molecule has 118 valence electrons. The summed E-state index contributed by atoms with van der Waals surface area (Å²) in [6.07, 6.45) is 1.60. The molecule has 0 fully saturated rings. The lowest BCUT2D eigenvalue weighted by Gasteiger charge is -2.13. The third-order valence-electron chi connectivity index (χ3n) is 4.22. The molecule has 0 aliphatic carbocycles. The van der Waals surface area contributed by atoms with Crippen molar-refractivity contribution in [3.05, 3.63) is 65.7 Å². The maximum atomic E-state index is 9.17. The molecule has 0 saturated carbocycles. The zero-order valence-corrected chi connectivity index (χ0v) is 13.4. The molecular formula is C20H22N2O. The molecule has 3 aromatic rings. The highest BCUT2D eigenvalue weighted by molar-refractivity contribution is 5.87. The normalized spacial score (nSPS) is 12.5. The van der Waals surface area contributed by atoms with E-state index in [-0.39, 0.29) is 12.6 Å². The molecule has 0 aliphatic rings. The van der Waals surface area contributed by atoms with Crippen LogP contribution in [0.15, 0.2) is 54.6 Å². The number of fused-ring (bicyclic) bond motifs is 1. The summed E-state index contributed by atoms with van der Waals surface area (Å²) in [4.78, 5) is 4.87. The van der Waals surface area contributed by atoms with Gasteiger partial charge in [0.2, 0.25) is 0 Å². The van der Waals surface area contributed by atoms with E-state index in [1.807, 2.05) is 18.2 Å². The molecule has 3 heteroatoms. The fourth-order valence-electron chi connectivity index (χ4n) is 2.86. The largest absolute Gasteiger partial charge is 0.395 e. The number of rotatable bonds is 5. The van der Waals surface area contributed by atoms with Crippen molar-refractivity contribution in [2.75, 3.05) is 6.61 Å². The molecule has 23 heavy (non-hydrogen) atoms. The molecule has 1 heterocycles. The second-order valence-corrected chi connectivity index (χ2v) is 5.99. The molecule has 3 N–H and O–H groups in total. The van der Waals surface area contributed by atoms with E-state index in [9.17, 15) is 0 Å². The first-order chi connectivity index (χ1) is 11.2. The lowest BCUT2D eigenvalue weighted by molar-refractivity contribution is 0.260. The fourth-order valence-corrected chi connectivity index (χ4v) is 2.86. The predicted octanol–water partition coefficient (Wildman–Crippen LogP) is 3.46. The molecule has 0 saturated heterocycles. The number of benzene rings is 2. The SMILES string of the molecule is Cc1cccc2c(CCC(N)CO)cc(-c3ccccc3)nc12. The number of nitrogens with zero attached hydrogens (tertiary/aromatic N) is 1. The van der Waals surface area contributed by atoms with E-state index in [4.69, 9.17) is 15.8 Å². The number of aliphatic hydroxyl groups is 1. The van der Waals surface area contributed by atoms with Gasteiger partial charge in [-0.1, -0.05) is 48.5 Å². The van der Waals surface area contributed by atoms with E-state index in [1.54, 1.807) is 0 Å². The zero-order chi connectivity index (χ0) is 16.2. The van der Waals surface area contributed by atoms with Gasteiger partial charge in [-0.25, -0.2) is 4.98 Å². The number of aryl methyl sites for hydroxylation is 2. The van der Waals surface area contributed by atoms with Crippen LogP contribution >= 0.6 is 0 Å². The lowest BCUT2D eigenvalue weighted by Crippen LogP contribution is -2.24. The van der Waals surface area contributed by atoms with Gasteiger partial charge < -0.3 is 10.8 Å². The summed E-state index contributed by atoms with van der Waals surface area (Å²) in [5.74, 6) is 0. The van der Waals surface area contributed by atoms with Crippen LogP contribution in [0.2, 0.25) is 0 Å². The summed E-state index contributed by atoms with van der Waals surface area (Å²) in [6.45, 7) is 2.11. The van der Waals surface area contributed by atoms with E-state index in [0.29, 0.717) is 0 Å². The summed E-state index contributed by atoms with van der Waals surface area (Å²) in [7, 11) is 0. The smallest absolute Gasteiger partial charge is 0.0741 e. The highest BCUT2D eigenvalue weighted by atomic mass is 16.3. The van der Waals surface area contributed by atoms with Crippen molar-refractivity contribution < 1.29 is 5.11 Å². The molecule has 0 radical (unpaired) electrons. The lowest BCUT2D eigenvalue weighted by atomic mass is 9.97. The highest BCUT2D eigenvalue weighted by Crippen LogP contribution is 2.27. The van der Waals surface area contributed by atoms with Gasteiger partial charge in [0.05, 0.1) is 17.8 Å². The first kappa shape index (κ1) is 15.7. The maximum absolute atomic E-state index is 9.17. The minimum atomic E-state index is -0.178. The van der Waals surface area contributed by atoms with Gasteiger partial charge in [0.15, 0.2) is 0 Å². The van der Waals surface area contributed by atoms with Crippen molar-refractivity contribution in [1.82, 2.24) is 4.98 Å². The number of pyridine rings is 1. The van der Waals surface area contributed by atoms with Crippen LogP contribution in [-0.4, -0.2) is 22.7 Å². The van der Waals surface area contributed by atoms with Crippen molar-refractivity contribution in [3.8, 4) is 11.3 Å². The Kier molecular flexibility index (Phi) is 4.70. The molecule has 0 aliphatic heterocycles. The van der Waals surface area contributed by atoms with Gasteiger partial charge in [-0.3, -0.25) is 0 Å². The Balaban J connectivity index is 2.10. The maximum Gasteiger partial charge on any atom is 0.0741 e. The second-order valence-electron chi connectivity index (χ2n) is 5.99. The third-order valence-corrected chi connectivity index (χ3v) is 4.22. The number of hydrogen-bond donors (Lipinski definition) is 2. The monoisotopic (exact) mass is 306 g/mol. The first-order valence-electron chi connectivity index (χ1n) is 8.00. The average molecular weight is 306 g/mol. The molecule has 0 bridgehead atoms. The number of aromatic nitrogens is 1. The number of hydrogen-bond acceptors (Lipinski definition) is 3. The van der Waals surface area contributed by atoms with Gasteiger partial charge >= 0.3 is 0 Å². The third kappa shape index (κ3) is 3.41. The number of nitrogens with two attached hydrogens (primary N) is 1. The molecule has 0 spiro atoms. The van der Waals surface area contributed by atoms with Crippen molar-refractivity contribution in [3.63, 3.8) is 0 Å². The quantitative estimate of drug-likeness (QED) is 0.759. The van der Waals surface area contributed by atoms with Crippen LogP contribution in [0.1, 0.15) is 17.5 Å². The molecule has 3 nitrogen and oxygen atoms in total. The Hall–Kier alpha value is -2.23. The Bertz CT molecular complexity index is 799. The minimum absolute atomic E-state index is 0.0214. The van der Waals surface area contributed by atoms with Crippen LogP contribution in [0.5, 0.6) is 0 Å². The van der Waals surface area contributed by atoms with Crippen molar-refractivity contribution in [1.29, 1.82) is 0 Å². The second kappa shape index (κ2) is 6.90. The molecule has 1 atom stereocenters. The summed E-state index contributed by atoms with van der Waals surface area (Å²) < 4.78 is 0. The van der Waals surface area contributed by atoms with Crippen LogP contribution in [0.25, 0.3) is 22.2 Å². The van der Waals surface area contributed by atoms with E-state index >= 15 is 0 Å². The Morgan fingerprint density at radius 1 is 1.09 bits per heavy atom. The van der Waals surface area contributed by atoms with E-state index in [2.05, 4.69) is 43.3 Å². The number of para-hydroxylation sites is 1. The van der Waals surface area contributed by atoms with Crippen molar-refractivity contribution >= 4 is 10.9 Å². The van der Waals surface area contributed by atoms with Crippen LogP contribution in [0.4, 0.5) is 0 Å². The molecular weight excluding hydrogens is 284 g/mol. The van der Waals surface area contributed by atoms with Crippen molar-refractivity contribution in [2.45, 2.75) is 25.8 Å². The minimum Gasteiger partial charge on any atom is -0.395 e. The van der Waals surface area contributed by atoms with Gasteiger partial charge in [0, 0.05) is 17.0 Å². The molecule has 1 unspecified atom stereocenters. The van der Waals surface area contributed by atoms with Crippen LogP contribution in [0.3, 0.4) is 0 Å². The molecule has 2 aromatic carbocycles. The number of aliphatic hydroxyl groups excluding tert-OH is 1. The highest BCUT2D eigenvalue weighted by Gasteiger charge is 2.10. The van der Waals surface area contributed by atoms with E-state index < -0.39 is 0 Å². The van der Waals surface area contributed by atoms with Crippen LogP contribution < -0.4 is 5.73 Å².